The minimum absolute atomic E-state index is 0.975. The summed E-state index contributed by atoms with van der Waals surface area (Å²) in [6, 6.07) is 8.88. The minimum atomic E-state index is 0.975. The molecule has 0 unspecified atom stereocenters. The zero-order valence-electron chi connectivity index (χ0n) is 18.9. The fourth-order valence-corrected chi connectivity index (χ4v) is 3.82. The molecule has 0 fully saturated rings. The van der Waals surface area contributed by atoms with Gasteiger partial charge in [0.15, 0.2) is 0 Å². The van der Waals surface area contributed by atoms with E-state index in [2.05, 4.69) is 99.7 Å². The Balaban J connectivity index is 2.38. The summed E-state index contributed by atoms with van der Waals surface area (Å²) >= 11 is 0. The second kappa shape index (κ2) is 9.72. The zero-order valence-corrected chi connectivity index (χ0v) is 18.9. The lowest BCUT2D eigenvalue weighted by molar-refractivity contribution is 0.864. The number of azo groups is 1. The van der Waals surface area contributed by atoms with Gasteiger partial charge in [0.25, 0.3) is 0 Å². The van der Waals surface area contributed by atoms with E-state index in [9.17, 15) is 0 Å². The molecule has 152 valence electrons. The van der Waals surface area contributed by atoms with Crippen molar-refractivity contribution in [2.75, 3.05) is 36.0 Å². The van der Waals surface area contributed by atoms with E-state index in [1.807, 2.05) is 0 Å². The minimum Gasteiger partial charge on any atom is -0.372 e. The van der Waals surface area contributed by atoms with Gasteiger partial charge in [0.1, 0.15) is 0 Å². The van der Waals surface area contributed by atoms with Gasteiger partial charge in [-0.1, -0.05) is 0 Å². The van der Waals surface area contributed by atoms with Crippen molar-refractivity contribution in [1.82, 2.24) is 0 Å². The van der Waals surface area contributed by atoms with E-state index in [0.29, 0.717) is 0 Å². The first-order valence-electron chi connectivity index (χ1n) is 10.5. The number of hydrogen-bond donors (Lipinski definition) is 0. The van der Waals surface area contributed by atoms with Gasteiger partial charge in [-0.3, -0.25) is 0 Å². The molecule has 0 radical (unpaired) electrons. The van der Waals surface area contributed by atoms with E-state index in [4.69, 9.17) is 0 Å². The molecule has 0 bridgehead atoms. The number of benzene rings is 2. The quantitative estimate of drug-likeness (QED) is 0.460. The van der Waals surface area contributed by atoms with E-state index >= 15 is 0 Å². The molecule has 0 aromatic heterocycles. The molecule has 0 heterocycles. The number of hydrogen-bond acceptors (Lipinski definition) is 4. The highest BCUT2D eigenvalue weighted by atomic mass is 15.1. The van der Waals surface area contributed by atoms with Crippen LogP contribution in [0.4, 0.5) is 22.7 Å². The summed E-state index contributed by atoms with van der Waals surface area (Å²) in [6.45, 7) is 21.3. The molecule has 0 spiro atoms. The third kappa shape index (κ3) is 4.73. The van der Waals surface area contributed by atoms with Crippen LogP contribution in [0, 0.1) is 27.7 Å². The van der Waals surface area contributed by atoms with Crippen LogP contribution >= 0.6 is 0 Å². The molecule has 2 aromatic carbocycles. The number of rotatable bonds is 8. The highest BCUT2D eigenvalue weighted by molar-refractivity contribution is 5.64. The lowest BCUT2D eigenvalue weighted by Crippen LogP contribution is -2.21. The summed E-state index contributed by atoms with van der Waals surface area (Å²) < 4.78 is 0. The molecular formula is C24H36N4. The van der Waals surface area contributed by atoms with E-state index in [-0.39, 0.29) is 0 Å². The van der Waals surface area contributed by atoms with Gasteiger partial charge in [0.05, 0.1) is 11.4 Å². The number of anilines is 2. The fraction of sp³-hybridized carbons (Fsp3) is 0.500. The van der Waals surface area contributed by atoms with Crippen molar-refractivity contribution >= 4 is 22.7 Å². The number of aryl methyl sites for hydroxylation is 4. The Bertz CT molecular complexity index is 715. The largest absolute Gasteiger partial charge is 0.372 e. The van der Waals surface area contributed by atoms with Gasteiger partial charge in [0.2, 0.25) is 0 Å². The fourth-order valence-electron chi connectivity index (χ4n) is 3.82. The SMILES string of the molecule is CCN(CC)c1cc(C)c(N=Nc2c(C)cc(N(CC)CC)cc2C)c(C)c1. The predicted molar refractivity (Wildman–Crippen MR) is 123 cm³/mol. The van der Waals surface area contributed by atoms with Crippen LogP contribution in [0.2, 0.25) is 0 Å². The second-order valence-corrected chi connectivity index (χ2v) is 7.40. The van der Waals surface area contributed by atoms with Gasteiger partial charge in [-0.25, -0.2) is 0 Å². The first kappa shape index (κ1) is 21.9. The highest BCUT2D eigenvalue weighted by Crippen LogP contribution is 2.34. The maximum atomic E-state index is 4.66. The Hall–Kier alpha value is -2.36. The normalized spacial score (nSPS) is 11.3. The van der Waals surface area contributed by atoms with Crippen LogP contribution in [0.5, 0.6) is 0 Å². The lowest BCUT2D eigenvalue weighted by atomic mass is 10.1. The van der Waals surface area contributed by atoms with Crippen LogP contribution < -0.4 is 9.80 Å². The summed E-state index contributed by atoms with van der Waals surface area (Å²) in [4.78, 5) is 4.72. The van der Waals surface area contributed by atoms with Gasteiger partial charge in [-0.15, -0.1) is 10.2 Å². The molecule has 4 nitrogen and oxygen atoms in total. The Morgan fingerprint density at radius 3 is 1.00 bits per heavy atom. The summed E-state index contributed by atoms with van der Waals surface area (Å²) in [6.07, 6.45) is 0. The van der Waals surface area contributed by atoms with Crippen LogP contribution in [-0.2, 0) is 0 Å². The van der Waals surface area contributed by atoms with Gasteiger partial charge >= 0.3 is 0 Å². The van der Waals surface area contributed by atoms with Crippen molar-refractivity contribution in [2.45, 2.75) is 55.4 Å². The topological polar surface area (TPSA) is 31.2 Å². The molecule has 0 aliphatic rings. The van der Waals surface area contributed by atoms with E-state index < -0.39 is 0 Å². The molecule has 2 rings (SSSR count). The van der Waals surface area contributed by atoms with E-state index in [0.717, 1.165) is 37.6 Å². The van der Waals surface area contributed by atoms with Crippen molar-refractivity contribution in [3.63, 3.8) is 0 Å². The Labute approximate surface area is 171 Å². The Kier molecular flexibility index (Phi) is 7.61. The van der Waals surface area contributed by atoms with E-state index in [1.165, 1.54) is 33.6 Å². The second-order valence-electron chi connectivity index (χ2n) is 7.40. The van der Waals surface area contributed by atoms with Crippen LogP contribution in [0.15, 0.2) is 34.5 Å². The average Bonchev–Trinajstić information content (AvgIpc) is 2.65. The smallest absolute Gasteiger partial charge is 0.0916 e. The molecule has 0 aliphatic heterocycles. The van der Waals surface area contributed by atoms with Crippen molar-refractivity contribution in [2.24, 2.45) is 10.2 Å². The highest BCUT2D eigenvalue weighted by Gasteiger charge is 2.11. The monoisotopic (exact) mass is 380 g/mol. The van der Waals surface area contributed by atoms with Gasteiger partial charge < -0.3 is 9.80 Å². The maximum Gasteiger partial charge on any atom is 0.0916 e. The number of nitrogens with zero attached hydrogens (tertiary/aromatic N) is 4. The van der Waals surface area contributed by atoms with Crippen molar-refractivity contribution in [3.8, 4) is 0 Å². The Morgan fingerprint density at radius 1 is 0.536 bits per heavy atom. The molecule has 0 saturated carbocycles. The average molecular weight is 381 g/mol. The predicted octanol–water partition coefficient (Wildman–Crippen LogP) is 7.03. The van der Waals surface area contributed by atoms with E-state index in [1.54, 1.807) is 0 Å². The van der Waals surface area contributed by atoms with Crippen molar-refractivity contribution in [3.05, 3.63) is 46.5 Å². The summed E-state index contributed by atoms with van der Waals surface area (Å²) in [5.41, 5.74) is 9.14. The maximum absolute atomic E-state index is 4.66. The zero-order chi connectivity index (χ0) is 20.8. The van der Waals surface area contributed by atoms with Crippen LogP contribution in [0.3, 0.4) is 0 Å². The molecule has 0 amide bonds. The third-order valence-corrected chi connectivity index (χ3v) is 5.46. The van der Waals surface area contributed by atoms with Crippen LogP contribution in [0.25, 0.3) is 0 Å². The third-order valence-electron chi connectivity index (χ3n) is 5.46. The molecular weight excluding hydrogens is 344 g/mol. The van der Waals surface area contributed by atoms with Gasteiger partial charge in [-0.05, 0) is 102 Å². The summed E-state index contributed by atoms with van der Waals surface area (Å²) in [5.74, 6) is 0. The lowest BCUT2D eigenvalue weighted by Gasteiger charge is -2.23. The van der Waals surface area contributed by atoms with Crippen molar-refractivity contribution < 1.29 is 0 Å². The molecule has 0 N–H and O–H groups in total. The van der Waals surface area contributed by atoms with Crippen molar-refractivity contribution in [1.29, 1.82) is 0 Å². The first-order valence-corrected chi connectivity index (χ1v) is 10.5. The summed E-state index contributed by atoms with van der Waals surface area (Å²) in [7, 11) is 0. The Morgan fingerprint density at radius 2 is 0.786 bits per heavy atom. The molecule has 28 heavy (non-hydrogen) atoms. The molecule has 2 aromatic rings. The van der Waals surface area contributed by atoms with Crippen LogP contribution in [-0.4, -0.2) is 26.2 Å². The molecule has 0 aliphatic carbocycles. The van der Waals surface area contributed by atoms with Crippen LogP contribution in [0.1, 0.15) is 49.9 Å². The van der Waals surface area contributed by atoms with Gasteiger partial charge in [-0.2, -0.15) is 0 Å². The summed E-state index contributed by atoms with van der Waals surface area (Å²) in [5, 5.41) is 9.31. The standard InChI is InChI=1S/C24H36N4/c1-9-27(10-2)21-13-17(5)23(18(6)14-21)25-26-24-19(7)15-22(16-20(24)8)28(11-3)12-4/h13-16H,9-12H2,1-8H3. The molecule has 0 atom stereocenters. The molecule has 4 heteroatoms. The molecule has 0 saturated heterocycles. The first-order chi connectivity index (χ1) is 13.4. The van der Waals surface area contributed by atoms with Gasteiger partial charge in [0, 0.05) is 37.6 Å².